The van der Waals surface area contributed by atoms with Gasteiger partial charge >= 0.3 is 0 Å². The van der Waals surface area contributed by atoms with Gasteiger partial charge in [-0.1, -0.05) is 26.7 Å². The van der Waals surface area contributed by atoms with Crippen LogP contribution in [0.25, 0.3) is 0 Å². The number of amides is 1. The molecule has 29 heavy (non-hydrogen) atoms. The Balaban J connectivity index is 3.42. The van der Waals surface area contributed by atoms with E-state index >= 15 is 0 Å². The van der Waals surface area contributed by atoms with Crippen molar-refractivity contribution in [2.45, 2.75) is 39.5 Å². The van der Waals surface area contributed by atoms with Gasteiger partial charge in [0, 0.05) is 26.2 Å². The van der Waals surface area contributed by atoms with E-state index in [1.807, 2.05) is 37.7 Å². The zero-order valence-corrected chi connectivity index (χ0v) is 17.6. The molecule has 1 amide bonds. The van der Waals surface area contributed by atoms with Crippen LogP contribution in [-0.4, -0.2) is 60.9 Å². The number of hydrogen-bond acceptors (Lipinski definition) is 7. The number of nitro groups is 2. The maximum atomic E-state index is 12.6. The van der Waals surface area contributed by atoms with E-state index in [-0.39, 0.29) is 16.9 Å². The second-order valence-corrected chi connectivity index (χ2v) is 7.13. The van der Waals surface area contributed by atoms with Crippen molar-refractivity contribution >= 4 is 23.0 Å². The molecule has 162 valence electrons. The molecule has 0 saturated heterocycles. The molecule has 0 aliphatic heterocycles. The summed E-state index contributed by atoms with van der Waals surface area (Å²) in [5, 5.41) is 25.8. The summed E-state index contributed by atoms with van der Waals surface area (Å²) in [5.74, 6) is -0.611. The van der Waals surface area contributed by atoms with Gasteiger partial charge in [0.25, 0.3) is 17.3 Å². The molecule has 1 N–H and O–H groups in total. The molecule has 0 unspecified atom stereocenters. The topological polar surface area (TPSA) is 122 Å². The van der Waals surface area contributed by atoms with Crippen LogP contribution < -0.4 is 10.2 Å². The first-order chi connectivity index (χ1) is 13.7. The number of benzene rings is 1. The van der Waals surface area contributed by atoms with Gasteiger partial charge < -0.3 is 15.1 Å². The number of nitro benzene ring substituents is 2. The van der Waals surface area contributed by atoms with E-state index < -0.39 is 21.4 Å². The molecule has 0 aliphatic carbocycles. The Morgan fingerprint density at radius 2 is 1.52 bits per heavy atom. The Kier molecular flexibility index (Phi) is 10.0. The quantitative estimate of drug-likeness (QED) is 0.392. The van der Waals surface area contributed by atoms with Gasteiger partial charge in [-0.2, -0.15) is 0 Å². The highest BCUT2D eigenvalue weighted by Crippen LogP contribution is 2.35. The van der Waals surface area contributed by atoms with Gasteiger partial charge in [0.1, 0.15) is 11.3 Å². The number of carbonyl (C=O) groups is 1. The van der Waals surface area contributed by atoms with Gasteiger partial charge in [0.15, 0.2) is 0 Å². The zero-order valence-electron chi connectivity index (χ0n) is 17.6. The van der Waals surface area contributed by atoms with Gasteiger partial charge in [0.2, 0.25) is 0 Å². The van der Waals surface area contributed by atoms with Crippen LogP contribution in [-0.2, 0) is 0 Å². The predicted octanol–water partition coefficient (Wildman–Crippen LogP) is 3.20. The lowest BCUT2D eigenvalue weighted by atomic mass is 10.1. The second kappa shape index (κ2) is 11.9. The summed E-state index contributed by atoms with van der Waals surface area (Å²) in [5.41, 5.74) is -0.824. The predicted molar refractivity (Wildman–Crippen MR) is 113 cm³/mol. The average Bonchev–Trinajstić information content (AvgIpc) is 2.66. The van der Waals surface area contributed by atoms with E-state index in [1.165, 1.54) is 6.07 Å². The number of unbranched alkanes of at least 4 members (excludes halogenated alkanes) is 2. The van der Waals surface area contributed by atoms with Crippen LogP contribution in [0, 0.1) is 20.2 Å². The summed E-state index contributed by atoms with van der Waals surface area (Å²) >= 11 is 0. The SMILES string of the molecule is CCCCN(CCCC)c1cc(C(=O)NCCN(C)C)c([N+](=O)[O-])cc1[N+](=O)[O-]. The van der Waals surface area contributed by atoms with Crippen molar-refractivity contribution in [2.24, 2.45) is 0 Å². The van der Waals surface area contributed by atoms with Crippen molar-refractivity contribution in [3.05, 3.63) is 37.9 Å². The van der Waals surface area contributed by atoms with Crippen LogP contribution in [0.2, 0.25) is 0 Å². The molecule has 0 aliphatic rings. The van der Waals surface area contributed by atoms with E-state index in [1.54, 1.807) is 0 Å². The zero-order chi connectivity index (χ0) is 22.0. The van der Waals surface area contributed by atoms with Crippen molar-refractivity contribution in [1.29, 1.82) is 0 Å². The molecular formula is C19H31N5O5. The number of likely N-dealkylation sites (N-methyl/N-ethyl adjacent to an activating group) is 1. The first kappa shape index (κ1) is 24.3. The average molecular weight is 409 g/mol. The van der Waals surface area contributed by atoms with Crippen molar-refractivity contribution in [2.75, 3.05) is 45.2 Å². The fourth-order valence-electron chi connectivity index (χ4n) is 2.84. The van der Waals surface area contributed by atoms with Crippen LogP contribution in [0.4, 0.5) is 17.1 Å². The molecule has 1 aromatic rings. The number of rotatable bonds is 13. The fourth-order valence-corrected chi connectivity index (χ4v) is 2.84. The lowest BCUT2D eigenvalue weighted by Gasteiger charge is -2.25. The smallest absolute Gasteiger partial charge is 0.299 e. The molecule has 0 saturated carbocycles. The Morgan fingerprint density at radius 3 is 1.97 bits per heavy atom. The lowest BCUT2D eigenvalue weighted by molar-refractivity contribution is -0.393. The number of carbonyl (C=O) groups excluding carboxylic acids is 1. The Morgan fingerprint density at radius 1 is 0.966 bits per heavy atom. The molecule has 0 atom stereocenters. The van der Waals surface area contributed by atoms with E-state index in [0.717, 1.165) is 31.7 Å². The van der Waals surface area contributed by atoms with Gasteiger partial charge in [-0.3, -0.25) is 25.0 Å². The lowest BCUT2D eigenvalue weighted by Crippen LogP contribution is -2.32. The molecule has 0 radical (unpaired) electrons. The normalized spacial score (nSPS) is 10.8. The number of anilines is 1. The first-order valence-electron chi connectivity index (χ1n) is 9.87. The molecule has 1 rings (SSSR count). The summed E-state index contributed by atoms with van der Waals surface area (Å²) in [4.78, 5) is 38.1. The third-order valence-corrected chi connectivity index (χ3v) is 4.48. The van der Waals surface area contributed by atoms with Crippen LogP contribution in [0.1, 0.15) is 49.9 Å². The second-order valence-electron chi connectivity index (χ2n) is 7.13. The third kappa shape index (κ3) is 7.30. The molecular weight excluding hydrogens is 378 g/mol. The minimum atomic E-state index is -0.750. The summed E-state index contributed by atoms with van der Waals surface area (Å²) in [7, 11) is 3.69. The highest BCUT2D eigenvalue weighted by Gasteiger charge is 2.30. The summed E-state index contributed by atoms with van der Waals surface area (Å²) in [6.07, 6.45) is 3.45. The van der Waals surface area contributed by atoms with Gasteiger partial charge in [0.05, 0.1) is 15.9 Å². The molecule has 0 bridgehead atoms. The van der Waals surface area contributed by atoms with Crippen molar-refractivity contribution in [1.82, 2.24) is 10.2 Å². The standard InChI is InChI=1S/C19H31N5O5/c1-5-7-10-22(11-8-6-2)17-13-15(19(25)20-9-12-21(3)4)16(23(26)27)14-18(17)24(28)29/h13-14H,5-12H2,1-4H3,(H,20,25). The Bertz CT molecular complexity index is 715. The minimum absolute atomic E-state index is 0.160. The molecule has 0 aromatic heterocycles. The molecule has 1 aromatic carbocycles. The van der Waals surface area contributed by atoms with E-state index in [2.05, 4.69) is 5.32 Å². The maximum Gasteiger partial charge on any atom is 0.299 e. The van der Waals surface area contributed by atoms with Crippen LogP contribution in [0.5, 0.6) is 0 Å². The van der Waals surface area contributed by atoms with Crippen molar-refractivity contribution in [3.63, 3.8) is 0 Å². The highest BCUT2D eigenvalue weighted by molar-refractivity contribution is 6.00. The summed E-state index contributed by atoms with van der Waals surface area (Å²) < 4.78 is 0. The van der Waals surface area contributed by atoms with Crippen LogP contribution >= 0.6 is 0 Å². The van der Waals surface area contributed by atoms with Crippen molar-refractivity contribution < 1.29 is 14.6 Å². The monoisotopic (exact) mass is 409 g/mol. The minimum Gasteiger partial charge on any atom is -0.366 e. The number of hydrogen-bond donors (Lipinski definition) is 1. The van der Waals surface area contributed by atoms with Crippen molar-refractivity contribution in [3.8, 4) is 0 Å². The third-order valence-electron chi connectivity index (χ3n) is 4.48. The van der Waals surface area contributed by atoms with E-state index in [4.69, 9.17) is 0 Å². The number of nitrogens with one attached hydrogen (secondary N) is 1. The molecule has 0 heterocycles. The highest BCUT2D eigenvalue weighted by atomic mass is 16.6. The van der Waals surface area contributed by atoms with Gasteiger partial charge in [-0.05, 0) is 33.0 Å². The molecule has 0 spiro atoms. The van der Waals surface area contributed by atoms with Gasteiger partial charge in [-0.15, -0.1) is 0 Å². The van der Waals surface area contributed by atoms with Crippen LogP contribution in [0.3, 0.4) is 0 Å². The fraction of sp³-hybridized carbons (Fsp3) is 0.632. The Hall–Kier alpha value is -2.75. The molecule has 0 fully saturated rings. The van der Waals surface area contributed by atoms with E-state index in [0.29, 0.717) is 26.2 Å². The maximum absolute atomic E-state index is 12.6. The Labute approximate surface area is 171 Å². The molecule has 10 nitrogen and oxygen atoms in total. The van der Waals surface area contributed by atoms with Crippen LogP contribution in [0.15, 0.2) is 12.1 Å². The first-order valence-corrected chi connectivity index (χ1v) is 9.87. The number of nitrogens with zero attached hydrogens (tertiary/aromatic N) is 4. The van der Waals surface area contributed by atoms with E-state index in [9.17, 15) is 25.0 Å². The largest absolute Gasteiger partial charge is 0.366 e. The summed E-state index contributed by atoms with van der Waals surface area (Å²) in [6, 6.07) is 2.20. The summed E-state index contributed by atoms with van der Waals surface area (Å²) in [6.45, 7) is 6.08. The van der Waals surface area contributed by atoms with Gasteiger partial charge in [-0.25, -0.2) is 0 Å². The molecule has 10 heteroatoms.